The van der Waals surface area contributed by atoms with Crippen LogP contribution in [0.25, 0.3) is 11.0 Å². The third-order valence-electron chi connectivity index (χ3n) is 6.37. The van der Waals surface area contributed by atoms with Gasteiger partial charge in [0.05, 0.1) is 34.7 Å². The zero-order valence-electron chi connectivity index (χ0n) is 17.9. The second-order valence-electron chi connectivity index (χ2n) is 8.38. The fourth-order valence-electron chi connectivity index (χ4n) is 4.71. The van der Waals surface area contributed by atoms with E-state index in [0.29, 0.717) is 17.8 Å². The number of hydrogen-bond donors (Lipinski definition) is 2. The molecule has 0 bridgehead atoms. The van der Waals surface area contributed by atoms with Crippen molar-refractivity contribution >= 4 is 34.4 Å². The van der Waals surface area contributed by atoms with Gasteiger partial charge in [-0.05, 0) is 43.5 Å². The molecule has 0 aliphatic carbocycles. The summed E-state index contributed by atoms with van der Waals surface area (Å²) in [5.74, 6) is -0.0515. The van der Waals surface area contributed by atoms with Crippen LogP contribution in [0.2, 0.25) is 0 Å². The number of piperidine rings is 1. The Labute approximate surface area is 185 Å². The van der Waals surface area contributed by atoms with Gasteiger partial charge in [-0.1, -0.05) is 24.3 Å². The lowest BCUT2D eigenvalue weighted by atomic mass is 10.00. The van der Waals surface area contributed by atoms with Crippen LogP contribution in [-0.4, -0.2) is 44.8 Å². The van der Waals surface area contributed by atoms with E-state index in [2.05, 4.69) is 10.6 Å². The average Bonchev–Trinajstić information content (AvgIpc) is 3.09. The van der Waals surface area contributed by atoms with E-state index in [1.807, 2.05) is 40.8 Å². The number of amides is 3. The number of carbonyl (C=O) groups excluding carboxylic acids is 3. The Hall–Kier alpha value is -3.68. The van der Waals surface area contributed by atoms with Gasteiger partial charge < -0.3 is 20.1 Å². The fourth-order valence-corrected chi connectivity index (χ4v) is 4.71. The smallest absolute Gasteiger partial charge is 0.254 e. The zero-order valence-corrected chi connectivity index (χ0v) is 17.9. The molecule has 1 saturated heterocycles. The standard InChI is InChI=1S/C24H25N5O3/c1-28-19-11-5-4-10-17(19)25-22(28)20-12-6-7-13-29(20)21(30)14-18-24(32)26-16-9-3-2-8-15(16)23(31)27-18/h2-5,8-11,18,20H,6-7,12-14H2,1H3,(H,26,32)(H,27,31)/t18-,20?/m0/s1. The van der Waals surface area contributed by atoms with Crippen LogP contribution in [0.3, 0.4) is 0 Å². The van der Waals surface area contributed by atoms with Gasteiger partial charge in [-0.2, -0.15) is 0 Å². The minimum atomic E-state index is -0.926. The molecule has 3 aromatic rings. The number of aromatic nitrogens is 2. The predicted octanol–water partition coefficient (Wildman–Crippen LogP) is 2.77. The molecule has 32 heavy (non-hydrogen) atoms. The van der Waals surface area contributed by atoms with Crippen LogP contribution in [0, 0.1) is 0 Å². The van der Waals surface area contributed by atoms with Crippen LogP contribution >= 0.6 is 0 Å². The highest BCUT2D eigenvalue weighted by molar-refractivity contribution is 6.10. The molecule has 0 radical (unpaired) electrons. The maximum Gasteiger partial charge on any atom is 0.254 e. The average molecular weight is 431 g/mol. The molecule has 8 heteroatoms. The second kappa shape index (κ2) is 8.11. The monoisotopic (exact) mass is 431 g/mol. The number of anilines is 1. The van der Waals surface area contributed by atoms with Crippen LogP contribution < -0.4 is 10.6 Å². The highest BCUT2D eigenvalue weighted by atomic mass is 16.2. The number of fused-ring (bicyclic) bond motifs is 2. The fraction of sp³-hybridized carbons (Fsp3) is 0.333. The number of nitrogens with one attached hydrogen (secondary N) is 2. The number of hydrogen-bond acceptors (Lipinski definition) is 4. The number of nitrogens with zero attached hydrogens (tertiary/aromatic N) is 3. The van der Waals surface area contributed by atoms with E-state index in [1.165, 1.54) is 0 Å². The first-order chi connectivity index (χ1) is 15.5. The minimum absolute atomic E-state index is 0.0913. The van der Waals surface area contributed by atoms with Crippen LogP contribution in [0.15, 0.2) is 48.5 Å². The number of rotatable bonds is 3. The first-order valence-electron chi connectivity index (χ1n) is 10.9. The van der Waals surface area contributed by atoms with Crippen LogP contribution in [0.1, 0.15) is 47.9 Å². The summed E-state index contributed by atoms with van der Waals surface area (Å²) in [5.41, 5.74) is 2.77. The van der Waals surface area contributed by atoms with Gasteiger partial charge in [0.1, 0.15) is 11.9 Å². The Morgan fingerprint density at radius 3 is 2.72 bits per heavy atom. The second-order valence-corrected chi connectivity index (χ2v) is 8.38. The lowest BCUT2D eigenvalue weighted by Crippen LogP contribution is -2.47. The maximum atomic E-state index is 13.4. The Morgan fingerprint density at radius 2 is 1.88 bits per heavy atom. The van der Waals surface area contributed by atoms with E-state index in [1.54, 1.807) is 24.3 Å². The minimum Gasteiger partial charge on any atom is -0.340 e. The van der Waals surface area contributed by atoms with E-state index in [0.717, 1.165) is 36.1 Å². The van der Waals surface area contributed by atoms with Crippen molar-refractivity contribution in [2.45, 2.75) is 37.8 Å². The molecule has 2 aliphatic rings. The van der Waals surface area contributed by atoms with Gasteiger partial charge >= 0.3 is 0 Å². The van der Waals surface area contributed by atoms with Crippen LogP contribution in [-0.2, 0) is 16.6 Å². The van der Waals surface area contributed by atoms with Crippen molar-refractivity contribution in [2.24, 2.45) is 7.05 Å². The number of aryl methyl sites for hydroxylation is 1. The summed E-state index contributed by atoms with van der Waals surface area (Å²) in [5, 5.41) is 5.49. The molecule has 1 unspecified atom stereocenters. The summed E-state index contributed by atoms with van der Waals surface area (Å²) in [6, 6.07) is 13.7. The first kappa shape index (κ1) is 20.2. The first-order valence-corrected chi connectivity index (χ1v) is 10.9. The van der Waals surface area contributed by atoms with Crippen molar-refractivity contribution in [3.63, 3.8) is 0 Å². The molecule has 1 fully saturated rings. The van der Waals surface area contributed by atoms with Gasteiger partial charge in [0.2, 0.25) is 11.8 Å². The van der Waals surface area contributed by atoms with Crippen molar-refractivity contribution in [1.82, 2.24) is 19.8 Å². The number of benzene rings is 2. The van der Waals surface area contributed by atoms with Gasteiger partial charge in [0, 0.05) is 13.6 Å². The highest BCUT2D eigenvalue weighted by Gasteiger charge is 2.35. The van der Waals surface area contributed by atoms with E-state index < -0.39 is 6.04 Å². The van der Waals surface area contributed by atoms with Gasteiger partial charge in [-0.3, -0.25) is 14.4 Å². The molecule has 0 spiro atoms. The predicted molar refractivity (Wildman–Crippen MR) is 120 cm³/mol. The lowest BCUT2D eigenvalue weighted by molar-refractivity contribution is -0.137. The third-order valence-corrected chi connectivity index (χ3v) is 6.37. The molecule has 3 amide bonds. The normalized spacial score (nSPS) is 21.0. The molecular formula is C24H25N5O3. The van der Waals surface area contributed by atoms with Gasteiger partial charge in [0.25, 0.3) is 5.91 Å². The summed E-state index contributed by atoms with van der Waals surface area (Å²) in [6.45, 7) is 0.606. The van der Waals surface area contributed by atoms with Crippen molar-refractivity contribution in [2.75, 3.05) is 11.9 Å². The summed E-state index contributed by atoms with van der Waals surface area (Å²) >= 11 is 0. The molecule has 3 heterocycles. The molecule has 2 atom stereocenters. The Morgan fingerprint density at radius 1 is 1.09 bits per heavy atom. The molecular weight excluding hydrogens is 406 g/mol. The quantitative estimate of drug-likeness (QED) is 0.667. The van der Waals surface area contributed by atoms with Gasteiger partial charge in [-0.15, -0.1) is 0 Å². The summed E-state index contributed by atoms with van der Waals surface area (Å²) < 4.78 is 2.04. The summed E-state index contributed by atoms with van der Waals surface area (Å²) in [6.07, 6.45) is 2.64. The Bertz CT molecular complexity index is 1220. The molecule has 0 saturated carbocycles. The summed E-state index contributed by atoms with van der Waals surface area (Å²) in [7, 11) is 1.97. The van der Waals surface area contributed by atoms with Gasteiger partial charge in [-0.25, -0.2) is 4.98 Å². The van der Waals surface area contributed by atoms with Crippen molar-refractivity contribution in [1.29, 1.82) is 0 Å². The Balaban J connectivity index is 1.38. The van der Waals surface area contributed by atoms with E-state index in [4.69, 9.17) is 4.98 Å². The number of carbonyl (C=O) groups is 3. The molecule has 164 valence electrons. The van der Waals surface area contributed by atoms with Crippen molar-refractivity contribution in [3.05, 3.63) is 59.9 Å². The molecule has 8 nitrogen and oxygen atoms in total. The van der Waals surface area contributed by atoms with Crippen molar-refractivity contribution < 1.29 is 14.4 Å². The summed E-state index contributed by atoms with van der Waals surface area (Å²) in [4.78, 5) is 45.4. The molecule has 1 aromatic heterocycles. The van der Waals surface area contributed by atoms with Gasteiger partial charge in [0.15, 0.2) is 0 Å². The molecule has 2 aromatic carbocycles. The Kier molecular flexibility index (Phi) is 5.13. The van der Waals surface area contributed by atoms with Crippen LogP contribution in [0.4, 0.5) is 5.69 Å². The SMILES string of the molecule is Cn1c(C2CCCCN2C(=O)C[C@@H]2NC(=O)c3ccccc3NC2=O)nc2ccccc21. The third kappa shape index (κ3) is 3.51. The largest absolute Gasteiger partial charge is 0.340 e. The van der Waals surface area contributed by atoms with Crippen molar-refractivity contribution in [3.8, 4) is 0 Å². The number of para-hydroxylation sites is 3. The zero-order chi connectivity index (χ0) is 22.2. The molecule has 5 rings (SSSR count). The maximum absolute atomic E-state index is 13.4. The van der Waals surface area contributed by atoms with E-state index >= 15 is 0 Å². The number of imidazole rings is 1. The topological polar surface area (TPSA) is 96.3 Å². The highest BCUT2D eigenvalue weighted by Crippen LogP contribution is 2.33. The van der Waals surface area contributed by atoms with E-state index in [9.17, 15) is 14.4 Å². The molecule has 2 N–H and O–H groups in total. The van der Waals surface area contributed by atoms with Crippen LogP contribution in [0.5, 0.6) is 0 Å². The lowest BCUT2D eigenvalue weighted by Gasteiger charge is -2.36. The number of likely N-dealkylation sites (tertiary alicyclic amines) is 1. The van der Waals surface area contributed by atoms with E-state index in [-0.39, 0.29) is 30.2 Å². The molecule has 2 aliphatic heterocycles.